The van der Waals surface area contributed by atoms with Crippen molar-refractivity contribution < 1.29 is 9.59 Å². The van der Waals surface area contributed by atoms with E-state index in [2.05, 4.69) is 31.0 Å². The van der Waals surface area contributed by atoms with Crippen LogP contribution < -0.4 is 21.7 Å². The van der Waals surface area contributed by atoms with Gasteiger partial charge >= 0.3 is 6.03 Å². The predicted molar refractivity (Wildman–Crippen MR) is 134 cm³/mol. The first-order chi connectivity index (χ1) is 17.0. The van der Waals surface area contributed by atoms with E-state index in [0.29, 0.717) is 28.1 Å². The molecule has 0 spiro atoms. The molecule has 1 aliphatic rings. The number of nitrogens with one attached hydrogen (secondary N) is 3. The van der Waals surface area contributed by atoms with Gasteiger partial charge in [0.2, 0.25) is 0 Å². The number of hydrogen-bond acceptors (Lipinski definition) is 6. The van der Waals surface area contributed by atoms with E-state index in [1.54, 1.807) is 28.9 Å². The molecule has 1 aliphatic carbocycles. The molecule has 0 radical (unpaired) electrons. The Morgan fingerprint density at radius 3 is 2.57 bits per heavy atom. The first-order valence-electron chi connectivity index (χ1n) is 11.5. The highest BCUT2D eigenvalue weighted by Gasteiger charge is 2.24. The number of carbonyl (C=O) groups excluding carboxylic acids is 2. The van der Waals surface area contributed by atoms with E-state index in [0.717, 1.165) is 36.9 Å². The normalized spacial score (nSPS) is 13.6. The lowest BCUT2D eigenvalue weighted by molar-refractivity contribution is 0.0938. The van der Waals surface area contributed by atoms with Crippen LogP contribution in [0.25, 0.3) is 16.6 Å². The number of rotatable bonds is 5. The highest BCUT2D eigenvalue weighted by atomic mass is 16.2. The number of nitrogens with zero attached hydrogens (tertiary/aromatic N) is 4. The van der Waals surface area contributed by atoms with Gasteiger partial charge in [0.1, 0.15) is 17.7 Å². The topological polar surface area (TPSA) is 139 Å². The zero-order chi connectivity index (χ0) is 24.4. The maximum Gasteiger partial charge on any atom is 0.324 e. The first-order valence-corrected chi connectivity index (χ1v) is 11.5. The number of amides is 3. The largest absolute Gasteiger partial charge is 0.382 e. The summed E-state index contributed by atoms with van der Waals surface area (Å²) in [6.07, 6.45) is 7.25. The van der Waals surface area contributed by atoms with E-state index in [4.69, 9.17) is 5.73 Å². The van der Waals surface area contributed by atoms with Crippen LogP contribution in [0.2, 0.25) is 0 Å². The van der Waals surface area contributed by atoms with Gasteiger partial charge < -0.3 is 16.4 Å². The highest BCUT2D eigenvalue weighted by molar-refractivity contribution is 6.07. The van der Waals surface area contributed by atoms with Gasteiger partial charge in [0, 0.05) is 29.2 Å². The van der Waals surface area contributed by atoms with E-state index in [1.807, 2.05) is 31.2 Å². The number of aryl methyl sites for hydroxylation is 1. The molecular formula is C25H26N8O2. The summed E-state index contributed by atoms with van der Waals surface area (Å²) < 4.78 is 1.58. The number of fused-ring (bicyclic) bond motifs is 1. The lowest BCUT2D eigenvalue weighted by Crippen LogP contribution is -2.32. The van der Waals surface area contributed by atoms with Crippen molar-refractivity contribution in [2.75, 3.05) is 16.4 Å². The molecule has 0 unspecified atom stereocenters. The van der Waals surface area contributed by atoms with Gasteiger partial charge in [-0.25, -0.2) is 19.3 Å². The lowest BCUT2D eigenvalue weighted by atomic mass is 10.0. The van der Waals surface area contributed by atoms with Crippen LogP contribution in [0.5, 0.6) is 0 Å². The fourth-order valence-electron chi connectivity index (χ4n) is 4.44. The van der Waals surface area contributed by atoms with Gasteiger partial charge in [-0.2, -0.15) is 5.10 Å². The fourth-order valence-corrected chi connectivity index (χ4v) is 4.44. The fraction of sp³-hybridized carbons (Fsp3) is 0.240. The van der Waals surface area contributed by atoms with E-state index < -0.39 is 6.03 Å². The van der Waals surface area contributed by atoms with Crippen molar-refractivity contribution in [1.82, 2.24) is 24.9 Å². The number of anilines is 3. The molecule has 0 atom stereocenters. The lowest BCUT2D eigenvalue weighted by Gasteiger charge is -2.13. The molecule has 3 amide bonds. The third-order valence-electron chi connectivity index (χ3n) is 6.10. The first kappa shape index (κ1) is 22.3. The van der Waals surface area contributed by atoms with Gasteiger partial charge in [0.25, 0.3) is 5.91 Å². The number of aromatic nitrogens is 4. The SMILES string of the molecule is Cc1cccc(NC(=O)Nc2ccc(-c3c(C(=O)NC4CCCC4)cn4ncnc(N)c34)cc2)n1. The number of hydrogen-bond donors (Lipinski definition) is 4. The standard InChI is InChI=1S/C25H26N8O2/c1-15-5-4-8-20(29-15)32-25(35)31-18-11-9-16(10-12-18)21-19(24(34)30-17-6-2-3-7-17)13-33-22(21)23(26)27-14-28-33/h4-5,8-14,17H,2-3,6-7H2,1H3,(H,30,34)(H2,26,27,28)(H2,29,31,32,35). The Balaban J connectivity index is 1.41. The average Bonchev–Trinajstić information content (AvgIpc) is 3.48. The van der Waals surface area contributed by atoms with Crippen molar-refractivity contribution in [2.24, 2.45) is 0 Å². The van der Waals surface area contributed by atoms with Gasteiger partial charge in [0.05, 0.1) is 5.56 Å². The summed E-state index contributed by atoms with van der Waals surface area (Å²) in [5, 5.41) is 12.9. The smallest absolute Gasteiger partial charge is 0.324 e. The van der Waals surface area contributed by atoms with Crippen LogP contribution in [0, 0.1) is 6.92 Å². The van der Waals surface area contributed by atoms with E-state index in [9.17, 15) is 9.59 Å². The predicted octanol–water partition coefficient (Wildman–Crippen LogP) is 4.00. The second kappa shape index (κ2) is 9.41. The van der Waals surface area contributed by atoms with Crippen molar-refractivity contribution >= 4 is 34.8 Å². The van der Waals surface area contributed by atoms with E-state index in [1.165, 1.54) is 6.33 Å². The molecule has 0 saturated heterocycles. The molecule has 1 saturated carbocycles. The van der Waals surface area contributed by atoms with Gasteiger partial charge in [-0.3, -0.25) is 10.1 Å². The summed E-state index contributed by atoms with van der Waals surface area (Å²) in [6.45, 7) is 1.85. The van der Waals surface area contributed by atoms with E-state index in [-0.39, 0.29) is 17.8 Å². The number of nitrogen functional groups attached to an aromatic ring is 1. The summed E-state index contributed by atoms with van der Waals surface area (Å²) in [7, 11) is 0. The molecule has 5 rings (SSSR count). The van der Waals surface area contributed by atoms with Crippen LogP contribution in [-0.2, 0) is 0 Å². The van der Waals surface area contributed by atoms with Gasteiger partial charge in [-0.05, 0) is 49.6 Å². The Labute approximate surface area is 202 Å². The maximum absolute atomic E-state index is 13.2. The minimum absolute atomic E-state index is 0.163. The van der Waals surface area contributed by atoms with Crippen LogP contribution in [-0.4, -0.2) is 37.6 Å². The summed E-state index contributed by atoms with van der Waals surface area (Å²) in [5.41, 5.74) is 10.0. The molecule has 0 bridgehead atoms. The maximum atomic E-state index is 13.2. The molecule has 3 heterocycles. The van der Waals surface area contributed by atoms with E-state index >= 15 is 0 Å². The number of carbonyl (C=O) groups is 2. The van der Waals surface area contributed by atoms with Gasteiger partial charge in [-0.1, -0.05) is 31.0 Å². The molecule has 10 heteroatoms. The molecule has 3 aromatic heterocycles. The molecule has 1 aromatic carbocycles. The summed E-state index contributed by atoms with van der Waals surface area (Å²) in [5.74, 6) is 0.582. The molecule has 35 heavy (non-hydrogen) atoms. The third kappa shape index (κ3) is 4.77. The Bertz CT molecular complexity index is 1390. The van der Waals surface area contributed by atoms with Crippen LogP contribution in [0.3, 0.4) is 0 Å². The van der Waals surface area contributed by atoms with Crippen LogP contribution in [0.15, 0.2) is 55.0 Å². The van der Waals surface area contributed by atoms with Gasteiger partial charge in [-0.15, -0.1) is 0 Å². The Hall–Kier alpha value is -4.47. The zero-order valence-corrected chi connectivity index (χ0v) is 19.3. The van der Waals surface area contributed by atoms with Crippen molar-refractivity contribution in [3.8, 4) is 11.1 Å². The number of urea groups is 1. The van der Waals surface area contributed by atoms with Crippen molar-refractivity contribution in [2.45, 2.75) is 38.6 Å². The summed E-state index contributed by atoms with van der Waals surface area (Å²) in [6, 6.07) is 12.4. The Morgan fingerprint density at radius 1 is 1.06 bits per heavy atom. The van der Waals surface area contributed by atoms with Gasteiger partial charge in [0.15, 0.2) is 5.82 Å². The Kier molecular flexibility index (Phi) is 6.01. The molecule has 4 aromatic rings. The quantitative estimate of drug-likeness (QED) is 0.348. The molecule has 1 fully saturated rings. The summed E-state index contributed by atoms with van der Waals surface area (Å²) in [4.78, 5) is 34.0. The second-order valence-corrected chi connectivity index (χ2v) is 8.63. The van der Waals surface area contributed by atoms with Crippen LogP contribution >= 0.6 is 0 Å². The monoisotopic (exact) mass is 470 g/mol. The highest BCUT2D eigenvalue weighted by Crippen LogP contribution is 2.33. The second-order valence-electron chi connectivity index (χ2n) is 8.63. The van der Waals surface area contributed by atoms with Crippen molar-refractivity contribution in [1.29, 1.82) is 0 Å². The summed E-state index contributed by atoms with van der Waals surface area (Å²) >= 11 is 0. The zero-order valence-electron chi connectivity index (χ0n) is 19.3. The van der Waals surface area contributed by atoms with Crippen LogP contribution in [0.1, 0.15) is 41.7 Å². The van der Waals surface area contributed by atoms with Crippen molar-refractivity contribution in [3.05, 3.63) is 66.2 Å². The molecule has 10 nitrogen and oxygen atoms in total. The number of pyridine rings is 1. The number of nitrogens with two attached hydrogens (primary N) is 1. The van der Waals surface area contributed by atoms with Crippen LogP contribution in [0.4, 0.5) is 22.1 Å². The average molecular weight is 471 g/mol. The third-order valence-corrected chi connectivity index (χ3v) is 6.10. The molecule has 5 N–H and O–H groups in total. The molecule has 178 valence electrons. The molecule has 0 aliphatic heterocycles. The Morgan fingerprint density at radius 2 is 1.83 bits per heavy atom. The minimum Gasteiger partial charge on any atom is -0.382 e. The van der Waals surface area contributed by atoms with Crippen molar-refractivity contribution in [3.63, 3.8) is 0 Å². The number of benzene rings is 1. The minimum atomic E-state index is -0.403. The molecular weight excluding hydrogens is 444 g/mol.